The average Bonchev–Trinajstić information content (AvgIpc) is 3.20. The number of aryl methyl sites for hydroxylation is 1. The van der Waals surface area contributed by atoms with Crippen molar-refractivity contribution < 1.29 is 4.92 Å². The molecule has 4 rings (SSSR count). The quantitative estimate of drug-likeness (QED) is 0.265. The van der Waals surface area contributed by atoms with E-state index in [2.05, 4.69) is 20.3 Å². The van der Waals surface area contributed by atoms with Gasteiger partial charge in [0, 0.05) is 47.1 Å². The first-order valence-corrected chi connectivity index (χ1v) is 10.3. The zero-order chi connectivity index (χ0) is 22.7. The van der Waals surface area contributed by atoms with Gasteiger partial charge < -0.3 is 10.3 Å². The van der Waals surface area contributed by atoms with Crippen LogP contribution >= 0.6 is 23.2 Å². The van der Waals surface area contributed by atoms with E-state index in [1.807, 2.05) is 37.7 Å². The molecule has 8 nitrogen and oxygen atoms in total. The summed E-state index contributed by atoms with van der Waals surface area (Å²) < 4.78 is 0. The minimum atomic E-state index is -0.488. The van der Waals surface area contributed by atoms with Crippen LogP contribution in [-0.4, -0.2) is 31.4 Å². The largest absolute Gasteiger partial charge is 0.369 e. The first-order chi connectivity index (χ1) is 15.4. The number of anilines is 1. The molecule has 0 saturated heterocycles. The number of nitrogens with zero attached hydrogens (tertiary/aromatic N) is 4. The number of pyridine rings is 2. The summed E-state index contributed by atoms with van der Waals surface area (Å²) in [4.78, 5) is 26.8. The summed E-state index contributed by atoms with van der Waals surface area (Å²) in [7, 11) is 0. The first-order valence-electron chi connectivity index (χ1n) is 9.57. The van der Waals surface area contributed by atoms with Crippen molar-refractivity contribution in [2.24, 2.45) is 0 Å². The van der Waals surface area contributed by atoms with Gasteiger partial charge in [0.1, 0.15) is 17.8 Å². The fourth-order valence-electron chi connectivity index (χ4n) is 3.08. The molecule has 0 fully saturated rings. The van der Waals surface area contributed by atoms with Crippen molar-refractivity contribution in [2.75, 3.05) is 11.9 Å². The monoisotopic (exact) mass is 467 g/mol. The van der Waals surface area contributed by atoms with Crippen LogP contribution in [0.15, 0.2) is 54.9 Å². The highest BCUT2D eigenvalue weighted by molar-refractivity contribution is 6.36. The van der Waals surface area contributed by atoms with Crippen molar-refractivity contribution in [3.8, 4) is 22.6 Å². The Bertz CT molecular complexity index is 1270. The molecule has 0 aliphatic heterocycles. The van der Waals surface area contributed by atoms with Gasteiger partial charge in [0.2, 0.25) is 0 Å². The molecule has 32 heavy (non-hydrogen) atoms. The fraction of sp³-hybridized carbons (Fsp3) is 0.0909. The molecule has 2 N–H and O–H groups in total. The van der Waals surface area contributed by atoms with Gasteiger partial charge in [-0.05, 0) is 43.3 Å². The Balaban J connectivity index is 1.59. The van der Waals surface area contributed by atoms with Crippen molar-refractivity contribution in [3.05, 3.63) is 92.8 Å². The minimum Gasteiger partial charge on any atom is -0.369 e. The molecule has 0 bridgehead atoms. The van der Waals surface area contributed by atoms with E-state index in [0.717, 1.165) is 16.8 Å². The Morgan fingerprint density at radius 3 is 2.59 bits per heavy atom. The smallest absolute Gasteiger partial charge is 0.287 e. The molecule has 0 unspecified atom stereocenters. The minimum absolute atomic E-state index is 0.0607. The number of nitrogens with one attached hydrogen (secondary N) is 2. The number of hydrogen-bond acceptors (Lipinski definition) is 6. The number of halogens is 2. The van der Waals surface area contributed by atoms with Gasteiger partial charge in [0.05, 0.1) is 21.3 Å². The highest BCUT2D eigenvalue weighted by Gasteiger charge is 2.16. The standard InChI is InChI=1S/C22H17Cl2N6O2/c1-13-11-27-22(28-13)18-6-3-15(29-21(18)17-5-2-14(23)10-19(17)24)8-9-25-20-7-4-16(12-26-20)30(31)32/h2-8,10-12H,9H2,1H3,(H,25,26)(H,27,28). The predicted molar refractivity (Wildman–Crippen MR) is 125 cm³/mol. The molecule has 1 aromatic carbocycles. The maximum atomic E-state index is 10.7. The zero-order valence-electron chi connectivity index (χ0n) is 16.8. The molecule has 161 valence electrons. The molecule has 4 aromatic rings. The van der Waals surface area contributed by atoms with Crippen molar-refractivity contribution in [2.45, 2.75) is 6.92 Å². The third-order valence-electron chi connectivity index (χ3n) is 4.62. The van der Waals surface area contributed by atoms with Crippen LogP contribution < -0.4 is 5.32 Å². The predicted octanol–water partition coefficient (Wildman–Crippen LogP) is 5.72. The van der Waals surface area contributed by atoms with Gasteiger partial charge in [-0.3, -0.25) is 15.1 Å². The maximum Gasteiger partial charge on any atom is 0.287 e. The van der Waals surface area contributed by atoms with E-state index >= 15 is 0 Å². The summed E-state index contributed by atoms with van der Waals surface area (Å²) in [5.74, 6) is 1.21. The summed E-state index contributed by atoms with van der Waals surface area (Å²) in [6.45, 7) is 2.33. The molecule has 10 heteroatoms. The Hall–Kier alpha value is -3.49. The topological polar surface area (TPSA) is 110 Å². The van der Waals surface area contributed by atoms with Crippen LogP contribution in [0.25, 0.3) is 22.6 Å². The molecule has 3 aromatic heterocycles. The SMILES string of the molecule is Cc1c[nH]c(-c2ccc([CH]CNc3ccc([N+](=O)[O-])cn3)nc2-c2ccc(Cl)cc2Cl)n1. The Kier molecular flexibility index (Phi) is 6.34. The number of benzene rings is 1. The second kappa shape index (κ2) is 9.33. The first kappa shape index (κ1) is 21.7. The third kappa shape index (κ3) is 4.87. The summed E-state index contributed by atoms with van der Waals surface area (Å²) in [6, 6.07) is 12.0. The molecular weight excluding hydrogens is 451 g/mol. The second-order valence-corrected chi connectivity index (χ2v) is 7.73. The number of aromatic nitrogens is 4. The summed E-state index contributed by atoms with van der Waals surface area (Å²) >= 11 is 12.5. The van der Waals surface area contributed by atoms with Crippen LogP contribution in [0.5, 0.6) is 0 Å². The van der Waals surface area contributed by atoms with E-state index in [-0.39, 0.29) is 5.69 Å². The number of rotatable bonds is 7. The van der Waals surface area contributed by atoms with Crippen LogP contribution in [-0.2, 0) is 0 Å². The summed E-state index contributed by atoms with van der Waals surface area (Å²) in [6.07, 6.45) is 4.92. The summed E-state index contributed by atoms with van der Waals surface area (Å²) in [5.41, 5.74) is 3.73. The average molecular weight is 468 g/mol. The van der Waals surface area contributed by atoms with Gasteiger partial charge in [0.25, 0.3) is 5.69 Å². The Labute approximate surface area is 193 Å². The zero-order valence-corrected chi connectivity index (χ0v) is 18.4. The highest BCUT2D eigenvalue weighted by Crippen LogP contribution is 2.35. The molecule has 1 radical (unpaired) electrons. The lowest BCUT2D eigenvalue weighted by Gasteiger charge is -2.12. The lowest BCUT2D eigenvalue weighted by Crippen LogP contribution is -2.06. The van der Waals surface area contributed by atoms with Gasteiger partial charge in [-0.2, -0.15) is 0 Å². The van der Waals surface area contributed by atoms with Gasteiger partial charge in [0.15, 0.2) is 0 Å². The van der Waals surface area contributed by atoms with Crippen LogP contribution in [0, 0.1) is 23.5 Å². The van der Waals surface area contributed by atoms with Crippen molar-refractivity contribution in [1.82, 2.24) is 19.9 Å². The molecular formula is C22H17Cl2N6O2. The molecule has 0 aliphatic carbocycles. The van der Waals surface area contributed by atoms with Crippen molar-refractivity contribution in [1.29, 1.82) is 0 Å². The molecule has 0 amide bonds. The number of nitro groups is 1. The van der Waals surface area contributed by atoms with Gasteiger partial charge in [-0.25, -0.2) is 9.97 Å². The van der Waals surface area contributed by atoms with E-state index in [1.165, 1.54) is 12.3 Å². The van der Waals surface area contributed by atoms with Crippen LogP contribution in [0.2, 0.25) is 10.0 Å². The van der Waals surface area contributed by atoms with Crippen LogP contribution in [0.4, 0.5) is 11.5 Å². The van der Waals surface area contributed by atoms with E-state index < -0.39 is 4.92 Å². The molecule has 0 spiro atoms. The lowest BCUT2D eigenvalue weighted by molar-refractivity contribution is -0.385. The highest BCUT2D eigenvalue weighted by atomic mass is 35.5. The third-order valence-corrected chi connectivity index (χ3v) is 5.16. The van der Waals surface area contributed by atoms with Gasteiger partial charge in [-0.15, -0.1) is 0 Å². The Morgan fingerprint density at radius 1 is 1.12 bits per heavy atom. The molecule has 3 heterocycles. The maximum absolute atomic E-state index is 10.7. The fourth-order valence-corrected chi connectivity index (χ4v) is 3.57. The number of aromatic amines is 1. The summed E-state index contributed by atoms with van der Waals surface area (Å²) in [5, 5.41) is 14.9. The van der Waals surface area contributed by atoms with E-state index in [9.17, 15) is 10.1 Å². The van der Waals surface area contributed by atoms with Gasteiger partial charge in [-0.1, -0.05) is 23.2 Å². The van der Waals surface area contributed by atoms with Gasteiger partial charge >= 0.3 is 0 Å². The number of imidazole rings is 1. The number of H-pyrrole nitrogens is 1. The Morgan fingerprint density at radius 2 is 1.94 bits per heavy atom. The second-order valence-electron chi connectivity index (χ2n) is 6.89. The van der Waals surface area contributed by atoms with E-state index in [4.69, 9.17) is 28.2 Å². The van der Waals surface area contributed by atoms with Crippen molar-refractivity contribution in [3.63, 3.8) is 0 Å². The van der Waals surface area contributed by atoms with Crippen LogP contribution in [0.1, 0.15) is 11.4 Å². The lowest BCUT2D eigenvalue weighted by atomic mass is 10.0. The van der Waals surface area contributed by atoms with Crippen LogP contribution in [0.3, 0.4) is 0 Å². The normalized spacial score (nSPS) is 10.8. The van der Waals surface area contributed by atoms with Crippen molar-refractivity contribution >= 4 is 34.7 Å². The van der Waals surface area contributed by atoms with E-state index in [0.29, 0.717) is 39.6 Å². The number of hydrogen-bond donors (Lipinski definition) is 2. The molecule has 0 saturated carbocycles. The molecule has 0 aliphatic rings. The molecule has 0 atom stereocenters. The van der Waals surface area contributed by atoms with E-state index in [1.54, 1.807) is 18.2 Å².